The summed E-state index contributed by atoms with van der Waals surface area (Å²) in [6.07, 6.45) is 6.52. The summed E-state index contributed by atoms with van der Waals surface area (Å²) in [5.41, 5.74) is 0. The van der Waals surface area contributed by atoms with Crippen LogP contribution in [0.4, 0.5) is 0 Å². The van der Waals surface area contributed by atoms with E-state index in [1.54, 1.807) is 6.92 Å². The molecule has 0 aliphatic rings. The summed E-state index contributed by atoms with van der Waals surface area (Å²) in [6.45, 7) is 6.16. The molecule has 0 heterocycles. The highest BCUT2D eigenvalue weighted by atomic mass is 16.5. The highest BCUT2D eigenvalue weighted by Crippen LogP contribution is 1.98. The SMILES string of the molecule is C#CC(CC)NC(C)CC(=O)OCC. The van der Waals surface area contributed by atoms with Crippen LogP contribution in [-0.4, -0.2) is 24.7 Å². The zero-order chi connectivity index (χ0) is 11.0. The van der Waals surface area contributed by atoms with Gasteiger partial charge >= 0.3 is 5.97 Å². The van der Waals surface area contributed by atoms with E-state index in [1.165, 1.54) is 0 Å². The van der Waals surface area contributed by atoms with E-state index in [-0.39, 0.29) is 18.1 Å². The molecule has 1 N–H and O–H groups in total. The molecule has 0 saturated heterocycles. The van der Waals surface area contributed by atoms with Crippen molar-refractivity contribution in [1.29, 1.82) is 0 Å². The molecule has 0 saturated carbocycles. The molecule has 0 spiro atoms. The van der Waals surface area contributed by atoms with Gasteiger partial charge in [-0.2, -0.15) is 0 Å². The quantitative estimate of drug-likeness (QED) is 0.515. The highest BCUT2D eigenvalue weighted by molar-refractivity contribution is 5.70. The van der Waals surface area contributed by atoms with Gasteiger partial charge in [0.15, 0.2) is 0 Å². The predicted molar refractivity (Wildman–Crippen MR) is 56.8 cm³/mol. The minimum Gasteiger partial charge on any atom is -0.466 e. The molecule has 80 valence electrons. The van der Waals surface area contributed by atoms with Crippen molar-refractivity contribution >= 4 is 5.97 Å². The fourth-order valence-corrected chi connectivity index (χ4v) is 1.16. The Balaban J connectivity index is 3.80. The van der Waals surface area contributed by atoms with Gasteiger partial charge in [0.1, 0.15) is 0 Å². The van der Waals surface area contributed by atoms with E-state index < -0.39 is 0 Å². The first-order valence-electron chi connectivity index (χ1n) is 5.01. The zero-order valence-corrected chi connectivity index (χ0v) is 9.17. The molecule has 0 fully saturated rings. The molecule has 0 aromatic rings. The number of esters is 1. The van der Waals surface area contributed by atoms with Crippen LogP contribution in [0.15, 0.2) is 0 Å². The maximum absolute atomic E-state index is 11.1. The van der Waals surface area contributed by atoms with Crippen molar-refractivity contribution < 1.29 is 9.53 Å². The monoisotopic (exact) mass is 197 g/mol. The second-order valence-corrected chi connectivity index (χ2v) is 3.20. The number of nitrogens with one attached hydrogen (secondary N) is 1. The molecule has 0 aromatic heterocycles. The van der Waals surface area contributed by atoms with Crippen LogP contribution >= 0.6 is 0 Å². The summed E-state index contributed by atoms with van der Waals surface area (Å²) in [5, 5.41) is 3.17. The van der Waals surface area contributed by atoms with Gasteiger partial charge in [-0.15, -0.1) is 6.42 Å². The molecule has 2 atom stereocenters. The molecular formula is C11H19NO2. The van der Waals surface area contributed by atoms with Gasteiger partial charge in [-0.3, -0.25) is 4.79 Å². The topological polar surface area (TPSA) is 38.3 Å². The van der Waals surface area contributed by atoms with Gasteiger partial charge < -0.3 is 10.1 Å². The Labute approximate surface area is 86.2 Å². The largest absolute Gasteiger partial charge is 0.466 e. The third-order valence-corrected chi connectivity index (χ3v) is 1.87. The Kier molecular flexibility index (Phi) is 6.87. The average Bonchev–Trinajstić information content (AvgIpc) is 2.14. The van der Waals surface area contributed by atoms with Crippen molar-refractivity contribution in [2.45, 2.75) is 45.7 Å². The summed E-state index contributed by atoms with van der Waals surface area (Å²) < 4.78 is 4.83. The maximum Gasteiger partial charge on any atom is 0.307 e. The molecule has 0 radical (unpaired) electrons. The Morgan fingerprint density at radius 2 is 2.21 bits per heavy atom. The third-order valence-electron chi connectivity index (χ3n) is 1.87. The van der Waals surface area contributed by atoms with E-state index >= 15 is 0 Å². The summed E-state index contributed by atoms with van der Waals surface area (Å²) in [7, 11) is 0. The van der Waals surface area contributed by atoms with Crippen molar-refractivity contribution in [3.63, 3.8) is 0 Å². The van der Waals surface area contributed by atoms with Crippen LogP contribution in [0.2, 0.25) is 0 Å². The molecule has 14 heavy (non-hydrogen) atoms. The first-order chi connectivity index (χ1) is 6.63. The van der Waals surface area contributed by atoms with E-state index in [1.807, 2.05) is 13.8 Å². The fraction of sp³-hybridized carbons (Fsp3) is 0.727. The van der Waals surface area contributed by atoms with Crippen molar-refractivity contribution in [3.05, 3.63) is 0 Å². The van der Waals surface area contributed by atoms with Crippen molar-refractivity contribution in [1.82, 2.24) is 5.32 Å². The Hall–Kier alpha value is -1.01. The summed E-state index contributed by atoms with van der Waals surface area (Å²) in [6, 6.07) is 0.106. The van der Waals surface area contributed by atoms with E-state index in [0.29, 0.717) is 13.0 Å². The second-order valence-electron chi connectivity index (χ2n) is 3.20. The van der Waals surface area contributed by atoms with Crippen LogP contribution in [0, 0.1) is 12.3 Å². The van der Waals surface area contributed by atoms with E-state index in [0.717, 1.165) is 6.42 Å². The number of ether oxygens (including phenoxy) is 1. The standard InChI is InChI=1S/C11H19NO2/c1-5-10(6-2)12-9(4)8-11(13)14-7-3/h1,9-10,12H,6-8H2,2-4H3. The lowest BCUT2D eigenvalue weighted by Gasteiger charge is -2.17. The lowest BCUT2D eigenvalue weighted by atomic mass is 10.1. The van der Waals surface area contributed by atoms with E-state index in [4.69, 9.17) is 11.2 Å². The Morgan fingerprint density at radius 1 is 1.57 bits per heavy atom. The normalized spacial score (nSPS) is 14.1. The maximum atomic E-state index is 11.1. The molecule has 0 aliphatic carbocycles. The van der Waals surface area contributed by atoms with Gasteiger partial charge in [0.25, 0.3) is 0 Å². The molecule has 0 amide bonds. The van der Waals surface area contributed by atoms with Crippen LogP contribution in [0.3, 0.4) is 0 Å². The minimum absolute atomic E-state index is 0.0411. The molecule has 0 aromatic carbocycles. The van der Waals surface area contributed by atoms with Gasteiger partial charge in [0.05, 0.1) is 19.1 Å². The number of carbonyl (C=O) groups excluding carboxylic acids is 1. The molecular weight excluding hydrogens is 178 g/mol. The van der Waals surface area contributed by atoms with Crippen molar-refractivity contribution in [2.24, 2.45) is 0 Å². The van der Waals surface area contributed by atoms with Crippen molar-refractivity contribution in [2.75, 3.05) is 6.61 Å². The van der Waals surface area contributed by atoms with Gasteiger partial charge in [-0.25, -0.2) is 0 Å². The van der Waals surface area contributed by atoms with Gasteiger partial charge in [-0.05, 0) is 20.3 Å². The molecule has 0 bridgehead atoms. The number of hydrogen-bond donors (Lipinski definition) is 1. The lowest BCUT2D eigenvalue weighted by molar-refractivity contribution is -0.143. The lowest BCUT2D eigenvalue weighted by Crippen LogP contribution is -2.36. The fourth-order valence-electron chi connectivity index (χ4n) is 1.16. The van der Waals surface area contributed by atoms with Crippen LogP contribution in [0.1, 0.15) is 33.6 Å². The Bertz CT molecular complexity index is 208. The molecule has 0 rings (SSSR count). The van der Waals surface area contributed by atoms with E-state index in [2.05, 4.69) is 11.2 Å². The van der Waals surface area contributed by atoms with Gasteiger partial charge in [0.2, 0.25) is 0 Å². The first-order valence-corrected chi connectivity index (χ1v) is 5.01. The summed E-state index contributed by atoms with van der Waals surface area (Å²) in [4.78, 5) is 11.1. The number of rotatable bonds is 6. The van der Waals surface area contributed by atoms with Crippen LogP contribution in [0.25, 0.3) is 0 Å². The third kappa shape index (κ3) is 5.60. The highest BCUT2D eigenvalue weighted by Gasteiger charge is 2.12. The predicted octanol–water partition coefficient (Wildman–Crippen LogP) is 1.33. The molecule has 3 nitrogen and oxygen atoms in total. The summed E-state index contributed by atoms with van der Waals surface area (Å²) in [5.74, 6) is 2.44. The number of carbonyl (C=O) groups is 1. The first kappa shape index (κ1) is 13.0. The minimum atomic E-state index is -0.181. The van der Waals surface area contributed by atoms with Crippen LogP contribution in [0.5, 0.6) is 0 Å². The van der Waals surface area contributed by atoms with Gasteiger partial charge in [-0.1, -0.05) is 12.8 Å². The Morgan fingerprint density at radius 3 is 2.64 bits per heavy atom. The van der Waals surface area contributed by atoms with Crippen LogP contribution < -0.4 is 5.32 Å². The average molecular weight is 197 g/mol. The molecule has 3 heteroatoms. The number of hydrogen-bond acceptors (Lipinski definition) is 3. The molecule has 0 aliphatic heterocycles. The molecule has 2 unspecified atom stereocenters. The van der Waals surface area contributed by atoms with Crippen molar-refractivity contribution in [3.8, 4) is 12.3 Å². The smallest absolute Gasteiger partial charge is 0.307 e. The second kappa shape index (κ2) is 7.40. The van der Waals surface area contributed by atoms with Gasteiger partial charge in [0, 0.05) is 6.04 Å². The van der Waals surface area contributed by atoms with Crippen LogP contribution in [-0.2, 0) is 9.53 Å². The summed E-state index contributed by atoms with van der Waals surface area (Å²) >= 11 is 0. The number of terminal acetylenes is 1. The van der Waals surface area contributed by atoms with E-state index in [9.17, 15) is 4.79 Å². The zero-order valence-electron chi connectivity index (χ0n) is 9.17.